The second kappa shape index (κ2) is 6.64. The van der Waals surface area contributed by atoms with E-state index in [4.69, 9.17) is 23.2 Å². The van der Waals surface area contributed by atoms with Crippen LogP contribution in [-0.2, 0) is 19.6 Å². The summed E-state index contributed by atoms with van der Waals surface area (Å²) >= 11 is 11.6. The first kappa shape index (κ1) is 18.0. The standard InChI is InChI=1S/C13H14Cl2N2O5S/c1-8(18)16-2-3-17(12(7-16)13(19)20)23(21,22)11-5-9(14)4-10(15)6-11/h4-6,12H,2-3,7H2,1H3,(H,19,20). The summed E-state index contributed by atoms with van der Waals surface area (Å²) in [5.74, 6) is -1.63. The third-order valence-electron chi connectivity index (χ3n) is 3.50. The van der Waals surface area contributed by atoms with Gasteiger partial charge in [-0.3, -0.25) is 9.59 Å². The van der Waals surface area contributed by atoms with E-state index in [1.165, 1.54) is 30.0 Å². The zero-order valence-corrected chi connectivity index (χ0v) is 14.4. The Morgan fingerprint density at radius 3 is 2.22 bits per heavy atom. The second-order valence-electron chi connectivity index (χ2n) is 5.04. The Morgan fingerprint density at radius 2 is 1.74 bits per heavy atom. The van der Waals surface area contributed by atoms with Gasteiger partial charge in [-0.25, -0.2) is 8.42 Å². The van der Waals surface area contributed by atoms with Crippen LogP contribution in [0.25, 0.3) is 0 Å². The van der Waals surface area contributed by atoms with Crippen LogP contribution in [0.15, 0.2) is 23.1 Å². The lowest BCUT2D eigenvalue weighted by atomic mass is 10.2. The van der Waals surface area contributed by atoms with Crippen molar-refractivity contribution in [2.45, 2.75) is 17.9 Å². The summed E-state index contributed by atoms with van der Waals surface area (Å²) in [6.45, 7) is 1.09. The third kappa shape index (κ3) is 3.77. The number of piperazine rings is 1. The summed E-state index contributed by atoms with van der Waals surface area (Å²) in [4.78, 5) is 24.0. The van der Waals surface area contributed by atoms with Gasteiger partial charge in [0.15, 0.2) is 0 Å². The Morgan fingerprint density at radius 1 is 1.17 bits per heavy atom. The molecule has 10 heteroatoms. The van der Waals surface area contributed by atoms with Crippen LogP contribution in [0, 0.1) is 0 Å². The van der Waals surface area contributed by atoms with Crippen molar-refractivity contribution in [1.82, 2.24) is 9.21 Å². The van der Waals surface area contributed by atoms with Gasteiger partial charge in [0, 0.05) is 36.6 Å². The van der Waals surface area contributed by atoms with Crippen molar-refractivity contribution in [2.24, 2.45) is 0 Å². The van der Waals surface area contributed by atoms with E-state index in [9.17, 15) is 23.1 Å². The molecule has 7 nitrogen and oxygen atoms in total. The number of aliphatic carboxylic acids is 1. The van der Waals surface area contributed by atoms with Crippen LogP contribution in [0.2, 0.25) is 10.0 Å². The lowest BCUT2D eigenvalue weighted by molar-refractivity contribution is -0.145. The average Bonchev–Trinajstić information content (AvgIpc) is 2.45. The average molecular weight is 381 g/mol. The third-order valence-corrected chi connectivity index (χ3v) is 5.83. The number of benzene rings is 1. The molecule has 0 aromatic heterocycles. The van der Waals surface area contributed by atoms with Crippen LogP contribution in [0.3, 0.4) is 0 Å². The smallest absolute Gasteiger partial charge is 0.323 e. The van der Waals surface area contributed by atoms with Gasteiger partial charge in [0.25, 0.3) is 0 Å². The van der Waals surface area contributed by atoms with Gasteiger partial charge in [-0.15, -0.1) is 0 Å². The van der Waals surface area contributed by atoms with Crippen LogP contribution in [0.4, 0.5) is 0 Å². The minimum Gasteiger partial charge on any atom is -0.480 e. The van der Waals surface area contributed by atoms with Gasteiger partial charge in [-0.05, 0) is 18.2 Å². The predicted octanol–water partition coefficient (Wildman–Crippen LogP) is 1.30. The van der Waals surface area contributed by atoms with Crippen LogP contribution >= 0.6 is 23.2 Å². The number of amides is 1. The summed E-state index contributed by atoms with van der Waals surface area (Å²) in [5.41, 5.74) is 0. The normalized spacial score (nSPS) is 19.6. The number of carboxylic acids is 1. The first-order chi connectivity index (χ1) is 10.6. The molecule has 1 heterocycles. The lowest BCUT2D eigenvalue weighted by Crippen LogP contribution is -2.58. The maximum atomic E-state index is 12.7. The summed E-state index contributed by atoms with van der Waals surface area (Å²) in [5, 5.41) is 9.59. The number of rotatable bonds is 3. The molecule has 1 saturated heterocycles. The first-order valence-electron chi connectivity index (χ1n) is 6.59. The number of hydrogen-bond acceptors (Lipinski definition) is 4. The van der Waals surface area contributed by atoms with Crippen molar-refractivity contribution in [1.29, 1.82) is 0 Å². The van der Waals surface area contributed by atoms with Gasteiger partial charge >= 0.3 is 5.97 Å². The van der Waals surface area contributed by atoms with Crippen molar-refractivity contribution in [3.8, 4) is 0 Å². The molecule has 1 amide bonds. The monoisotopic (exact) mass is 380 g/mol. The molecule has 1 aliphatic rings. The van der Waals surface area contributed by atoms with Crippen LogP contribution in [0.5, 0.6) is 0 Å². The molecule has 1 aromatic rings. The van der Waals surface area contributed by atoms with E-state index >= 15 is 0 Å². The minimum absolute atomic E-state index is 0.118. The van der Waals surface area contributed by atoms with Gasteiger partial charge in [0.2, 0.25) is 15.9 Å². The summed E-state index contributed by atoms with van der Waals surface area (Å²) < 4.78 is 26.3. The Balaban J connectivity index is 2.41. The Bertz CT molecular complexity index is 732. The molecular formula is C13H14Cl2N2O5S. The molecule has 2 rings (SSSR count). The highest BCUT2D eigenvalue weighted by Crippen LogP contribution is 2.27. The van der Waals surface area contributed by atoms with Gasteiger partial charge in [-0.1, -0.05) is 23.2 Å². The van der Waals surface area contributed by atoms with Crippen LogP contribution in [0.1, 0.15) is 6.92 Å². The fourth-order valence-electron chi connectivity index (χ4n) is 2.35. The van der Waals surface area contributed by atoms with Crippen LogP contribution in [-0.4, -0.2) is 60.3 Å². The SMILES string of the molecule is CC(=O)N1CCN(S(=O)(=O)c2cc(Cl)cc(Cl)c2)C(C(=O)O)C1. The zero-order valence-electron chi connectivity index (χ0n) is 12.1. The van der Waals surface area contributed by atoms with Gasteiger partial charge in [0.1, 0.15) is 6.04 Å². The van der Waals surface area contributed by atoms with Crippen molar-refractivity contribution in [3.05, 3.63) is 28.2 Å². The van der Waals surface area contributed by atoms with E-state index in [1.807, 2.05) is 0 Å². The molecule has 1 fully saturated rings. The van der Waals surface area contributed by atoms with E-state index in [0.29, 0.717) is 0 Å². The highest BCUT2D eigenvalue weighted by molar-refractivity contribution is 7.89. The topological polar surface area (TPSA) is 95.0 Å². The molecule has 126 valence electrons. The summed E-state index contributed by atoms with van der Waals surface area (Å²) in [7, 11) is -4.10. The van der Waals surface area contributed by atoms with E-state index in [1.54, 1.807) is 0 Å². The molecule has 0 spiro atoms. The molecule has 0 radical (unpaired) electrons. The maximum absolute atomic E-state index is 12.7. The molecule has 0 bridgehead atoms. The maximum Gasteiger partial charge on any atom is 0.323 e. The highest BCUT2D eigenvalue weighted by Gasteiger charge is 2.41. The molecule has 1 aromatic carbocycles. The Kier molecular flexibility index (Phi) is 5.20. The lowest BCUT2D eigenvalue weighted by Gasteiger charge is -2.38. The van der Waals surface area contributed by atoms with Crippen LogP contribution < -0.4 is 0 Å². The molecular weight excluding hydrogens is 367 g/mol. The largest absolute Gasteiger partial charge is 0.480 e. The fraction of sp³-hybridized carbons (Fsp3) is 0.385. The fourth-order valence-corrected chi connectivity index (χ4v) is 4.65. The van der Waals surface area contributed by atoms with E-state index in [0.717, 1.165) is 4.31 Å². The Hall–Kier alpha value is -1.35. The molecule has 1 unspecified atom stereocenters. The molecule has 1 N–H and O–H groups in total. The van der Waals surface area contributed by atoms with E-state index < -0.39 is 22.0 Å². The van der Waals surface area contributed by atoms with E-state index in [-0.39, 0.29) is 40.5 Å². The number of carboxylic acid groups (broad SMARTS) is 1. The first-order valence-corrected chi connectivity index (χ1v) is 8.79. The number of carbonyl (C=O) groups is 2. The number of sulfonamides is 1. The van der Waals surface area contributed by atoms with Gasteiger partial charge in [-0.2, -0.15) is 4.31 Å². The van der Waals surface area contributed by atoms with Gasteiger partial charge < -0.3 is 10.0 Å². The van der Waals surface area contributed by atoms with Crippen molar-refractivity contribution in [2.75, 3.05) is 19.6 Å². The van der Waals surface area contributed by atoms with Crippen molar-refractivity contribution in [3.63, 3.8) is 0 Å². The Labute approximate surface area is 143 Å². The highest BCUT2D eigenvalue weighted by atomic mass is 35.5. The number of hydrogen-bond donors (Lipinski definition) is 1. The number of carbonyl (C=O) groups excluding carboxylic acids is 1. The van der Waals surface area contributed by atoms with Crippen molar-refractivity contribution < 1.29 is 23.1 Å². The van der Waals surface area contributed by atoms with Gasteiger partial charge in [0.05, 0.1) is 4.90 Å². The molecule has 1 atom stereocenters. The number of halogens is 2. The van der Waals surface area contributed by atoms with Crippen molar-refractivity contribution >= 4 is 45.1 Å². The summed E-state index contributed by atoms with van der Waals surface area (Å²) in [6.07, 6.45) is 0. The molecule has 23 heavy (non-hydrogen) atoms. The molecule has 1 aliphatic heterocycles. The second-order valence-corrected chi connectivity index (χ2v) is 7.80. The molecule has 0 saturated carbocycles. The predicted molar refractivity (Wildman–Crippen MR) is 84.0 cm³/mol. The quantitative estimate of drug-likeness (QED) is 0.852. The molecule has 0 aliphatic carbocycles. The number of nitrogens with zero attached hydrogens (tertiary/aromatic N) is 2. The van der Waals surface area contributed by atoms with E-state index in [2.05, 4.69) is 0 Å². The summed E-state index contributed by atoms with van der Waals surface area (Å²) in [6, 6.07) is 2.43. The minimum atomic E-state index is -4.10. The zero-order chi connectivity index (χ0) is 17.4.